The van der Waals surface area contributed by atoms with Crippen LogP contribution in [0.4, 0.5) is 11.8 Å². The maximum atomic E-state index is 6.00. The molecule has 2 aromatic heterocycles. The molecular formula is C26H29ClN6O. The molecule has 0 spiro atoms. The lowest BCUT2D eigenvalue weighted by atomic mass is 9.97. The van der Waals surface area contributed by atoms with Gasteiger partial charge in [0.15, 0.2) is 0 Å². The summed E-state index contributed by atoms with van der Waals surface area (Å²) in [5, 5.41) is 3.84. The van der Waals surface area contributed by atoms with Gasteiger partial charge in [0.05, 0.1) is 18.5 Å². The third-order valence-electron chi connectivity index (χ3n) is 6.51. The minimum Gasteiger partial charge on any atom is -0.495 e. The van der Waals surface area contributed by atoms with Gasteiger partial charge < -0.3 is 19.5 Å². The molecule has 8 heteroatoms. The Bertz CT molecular complexity index is 1220. The van der Waals surface area contributed by atoms with Crippen molar-refractivity contribution < 1.29 is 4.74 Å². The van der Waals surface area contributed by atoms with E-state index in [0.29, 0.717) is 23.6 Å². The number of ether oxygens (including phenoxy) is 1. The van der Waals surface area contributed by atoms with Crippen LogP contribution < -0.4 is 10.2 Å². The van der Waals surface area contributed by atoms with Gasteiger partial charge in [0.25, 0.3) is 0 Å². The van der Waals surface area contributed by atoms with E-state index in [0.717, 1.165) is 48.9 Å². The largest absolute Gasteiger partial charge is 0.495 e. The summed E-state index contributed by atoms with van der Waals surface area (Å²) in [4.78, 5) is 16.4. The molecule has 1 aliphatic carbocycles. The number of imidazole rings is 1. The second-order valence-corrected chi connectivity index (χ2v) is 8.90. The van der Waals surface area contributed by atoms with Gasteiger partial charge in [-0.1, -0.05) is 48.0 Å². The summed E-state index contributed by atoms with van der Waals surface area (Å²) in [6, 6.07) is 10.7. The first-order valence-electron chi connectivity index (χ1n) is 11.7. The van der Waals surface area contributed by atoms with Crippen molar-refractivity contribution in [1.29, 1.82) is 0 Å². The third kappa shape index (κ3) is 4.40. The van der Waals surface area contributed by atoms with Crippen LogP contribution in [0.25, 0.3) is 5.70 Å². The third-order valence-corrected chi connectivity index (χ3v) is 6.71. The molecule has 0 bridgehead atoms. The van der Waals surface area contributed by atoms with Crippen molar-refractivity contribution in [3.8, 4) is 0 Å². The Morgan fingerprint density at radius 3 is 2.71 bits per heavy atom. The standard InChI is InChI=1S/C26H29ClN6O/c1-3-21(33-16-23(27)29-17-33)22(34-2)12-13-28-26-30-24-19(18-8-5-4-6-9-18)10-11-20(24)25(31-26)32-14-7-15-32/h3-6,8-9,12,16-17,19H,7,10-11,13-15H2,1-2H3,(H,28,30,31)/b21-3+,22-12+. The number of allylic oxidation sites excluding steroid dienone is 2. The highest BCUT2D eigenvalue weighted by Crippen LogP contribution is 2.41. The molecule has 176 valence electrons. The van der Waals surface area contributed by atoms with Crippen molar-refractivity contribution in [2.75, 3.05) is 37.0 Å². The van der Waals surface area contributed by atoms with Gasteiger partial charge in [0, 0.05) is 37.3 Å². The van der Waals surface area contributed by atoms with E-state index in [9.17, 15) is 0 Å². The van der Waals surface area contributed by atoms with Crippen molar-refractivity contribution in [2.24, 2.45) is 0 Å². The number of halogens is 1. The van der Waals surface area contributed by atoms with Gasteiger partial charge in [0.1, 0.15) is 23.1 Å². The highest BCUT2D eigenvalue weighted by atomic mass is 35.5. The molecule has 0 saturated carbocycles. The van der Waals surface area contributed by atoms with Crippen LogP contribution in [0.3, 0.4) is 0 Å². The fraction of sp³-hybridized carbons (Fsp3) is 0.346. The lowest BCUT2D eigenvalue weighted by molar-refractivity contribution is 0.307. The van der Waals surface area contributed by atoms with Crippen LogP contribution in [0.2, 0.25) is 5.15 Å². The zero-order valence-electron chi connectivity index (χ0n) is 19.5. The molecule has 2 aliphatic rings. The molecule has 1 atom stereocenters. The van der Waals surface area contributed by atoms with Crippen LogP contribution in [0.1, 0.15) is 42.5 Å². The zero-order valence-corrected chi connectivity index (χ0v) is 20.3. The summed E-state index contributed by atoms with van der Waals surface area (Å²) in [5.74, 6) is 2.78. The van der Waals surface area contributed by atoms with Crippen LogP contribution in [0.5, 0.6) is 0 Å². The molecule has 1 aliphatic heterocycles. The number of benzene rings is 1. The van der Waals surface area contributed by atoms with E-state index in [2.05, 4.69) is 45.5 Å². The number of fused-ring (bicyclic) bond motifs is 1. The molecule has 1 aromatic carbocycles. The Balaban J connectivity index is 1.40. The van der Waals surface area contributed by atoms with Crippen molar-refractivity contribution in [2.45, 2.75) is 32.1 Å². The van der Waals surface area contributed by atoms with Gasteiger partial charge in [0.2, 0.25) is 5.95 Å². The summed E-state index contributed by atoms with van der Waals surface area (Å²) in [6.45, 7) is 4.60. The van der Waals surface area contributed by atoms with Crippen LogP contribution in [-0.4, -0.2) is 46.3 Å². The second kappa shape index (κ2) is 9.89. The van der Waals surface area contributed by atoms with Crippen molar-refractivity contribution in [3.05, 3.63) is 82.7 Å². The summed E-state index contributed by atoms with van der Waals surface area (Å²) >= 11 is 6.00. The summed E-state index contributed by atoms with van der Waals surface area (Å²) < 4.78 is 7.50. The average Bonchev–Trinajstić information content (AvgIpc) is 3.44. The molecule has 0 radical (unpaired) electrons. The number of nitrogens with zero attached hydrogens (tertiary/aromatic N) is 5. The van der Waals surface area contributed by atoms with E-state index in [1.165, 1.54) is 17.5 Å². The lowest BCUT2D eigenvalue weighted by Crippen LogP contribution is -2.38. The van der Waals surface area contributed by atoms with Gasteiger partial charge >= 0.3 is 0 Å². The smallest absolute Gasteiger partial charge is 0.225 e. The molecule has 1 fully saturated rings. The molecule has 34 heavy (non-hydrogen) atoms. The number of hydrogen-bond acceptors (Lipinski definition) is 6. The van der Waals surface area contributed by atoms with Gasteiger partial charge in [-0.05, 0) is 37.8 Å². The number of anilines is 2. The Labute approximate surface area is 205 Å². The maximum absolute atomic E-state index is 6.00. The fourth-order valence-electron chi connectivity index (χ4n) is 4.70. The fourth-order valence-corrected chi connectivity index (χ4v) is 4.85. The summed E-state index contributed by atoms with van der Waals surface area (Å²) in [5.41, 5.74) is 4.65. The number of hydrogen-bond donors (Lipinski definition) is 1. The Morgan fingerprint density at radius 2 is 2.06 bits per heavy atom. The number of aromatic nitrogens is 4. The quantitative estimate of drug-likeness (QED) is 0.359. The normalized spacial score (nSPS) is 18.0. The van der Waals surface area contributed by atoms with Gasteiger partial charge in [-0.3, -0.25) is 0 Å². The first-order chi connectivity index (χ1) is 16.7. The Kier molecular flexibility index (Phi) is 6.54. The topological polar surface area (TPSA) is 68.1 Å². The van der Waals surface area contributed by atoms with Crippen LogP contribution in [-0.2, 0) is 11.2 Å². The van der Waals surface area contributed by atoms with E-state index in [1.54, 1.807) is 19.6 Å². The Hall–Kier alpha value is -3.32. The lowest BCUT2D eigenvalue weighted by Gasteiger charge is -2.33. The van der Waals surface area contributed by atoms with Crippen LogP contribution in [0.15, 0.2) is 60.8 Å². The van der Waals surface area contributed by atoms with Gasteiger partial charge in [-0.15, -0.1) is 0 Å². The van der Waals surface area contributed by atoms with Crippen LogP contribution in [0, 0.1) is 0 Å². The SMILES string of the molecule is C/C=C(\C(=C/CNc1nc2c(c(N3CCC3)n1)CCC2c1ccccc1)OC)n1cnc(Cl)c1. The highest BCUT2D eigenvalue weighted by molar-refractivity contribution is 6.29. The Morgan fingerprint density at radius 1 is 1.24 bits per heavy atom. The second-order valence-electron chi connectivity index (χ2n) is 8.51. The predicted molar refractivity (Wildman–Crippen MR) is 136 cm³/mol. The molecule has 5 rings (SSSR count). The maximum Gasteiger partial charge on any atom is 0.225 e. The van der Waals surface area contributed by atoms with E-state index in [1.807, 2.05) is 23.6 Å². The molecule has 1 saturated heterocycles. The monoisotopic (exact) mass is 476 g/mol. The predicted octanol–water partition coefficient (Wildman–Crippen LogP) is 5.12. The highest BCUT2D eigenvalue weighted by Gasteiger charge is 2.32. The van der Waals surface area contributed by atoms with Gasteiger partial charge in [-0.25, -0.2) is 9.97 Å². The number of nitrogens with one attached hydrogen (secondary N) is 1. The molecule has 0 amide bonds. The molecule has 3 aromatic rings. The van der Waals surface area contributed by atoms with Crippen molar-refractivity contribution >= 4 is 29.1 Å². The molecule has 7 nitrogen and oxygen atoms in total. The van der Waals surface area contributed by atoms with E-state index in [-0.39, 0.29) is 0 Å². The number of methoxy groups -OCH3 is 1. The van der Waals surface area contributed by atoms with Gasteiger partial charge in [-0.2, -0.15) is 4.98 Å². The van der Waals surface area contributed by atoms with Crippen molar-refractivity contribution in [1.82, 2.24) is 19.5 Å². The van der Waals surface area contributed by atoms with E-state index >= 15 is 0 Å². The average molecular weight is 477 g/mol. The minimum absolute atomic E-state index is 0.311. The molecule has 1 N–H and O–H groups in total. The summed E-state index contributed by atoms with van der Waals surface area (Å²) in [6.07, 6.45) is 10.7. The zero-order chi connectivity index (χ0) is 23.5. The molecule has 1 unspecified atom stereocenters. The molecular weight excluding hydrogens is 448 g/mol. The van der Waals surface area contributed by atoms with E-state index < -0.39 is 0 Å². The summed E-state index contributed by atoms with van der Waals surface area (Å²) in [7, 11) is 1.66. The first kappa shape index (κ1) is 22.5. The number of rotatable bonds is 8. The first-order valence-corrected chi connectivity index (χ1v) is 12.1. The van der Waals surface area contributed by atoms with E-state index in [4.69, 9.17) is 26.3 Å². The van der Waals surface area contributed by atoms with Crippen LogP contribution >= 0.6 is 11.6 Å². The molecule has 3 heterocycles. The minimum atomic E-state index is 0.311. The van der Waals surface area contributed by atoms with Crippen molar-refractivity contribution in [3.63, 3.8) is 0 Å².